The number of anilines is 2. The van der Waals surface area contributed by atoms with E-state index in [0.29, 0.717) is 26.4 Å². The molecule has 0 saturated carbocycles. The fourth-order valence-corrected chi connectivity index (χ4v) is 6.44. The predicted octanol–water partition coefficient (Wildman–Crippen LogP) is 4.34. The van der Waals surface area contributed by atoms with E-state index in [1.54, 1.807) is 17.7 Å². The average molecular weight is 524 g/mol. The largest absolute Gasteiger partial charge is 0.490 e. The molecule has 2 aromatic heterocycles. The highest BCUT2D eigenvalue weighted by molar-refractivity contribution is 7.19. The summed E-state index contributed by atoms with van der Waals surface area (Å²) in [7, 11) is 4.08. The van der Waals surface area contributed by atoms with Gasteiger partial charge in [0.2, 0.25) is 5.91 Å². The summed E-state index contributed by atoms with van der Waals surface area (Å²) >= 11 is 1.70. The third-order valence-corrected chi connectivity index (χ3v) is 8.65. The van der Waals surface area contributed by atoms with Gasteiger partial charge in [-0.15, -0.1) is 11.3 Å². The number of morpholine rings is 1. The fraction of sp³-hybridized carbons (Fsp3) is 0.536. The number of carbonyl (C=O) groups is 1. The first-order valence-corrected chi connectivity index (χ1v) is 13.9. The molecular weight excluding hydrogens is 486 g/mol. The summed E-state index contributed by atoms with van der Waals surface area (Å²) < 4.78 is 11.7. The molecule has 0 radical (unpaired) electrons. The summed E-state index contributed by atoms with van der Waals surface area (Å²) in [5.41, 5.74) is 4.57. The highest BCUT2D eigenvalue weighted by Crippen LogP contribution is 2.42. The second-order valence-electron chi connectivity index (χ2n) is 10.5. The smallest absolute Gasteiger partial charge is 0.226 e. The highest BCUT2D eigenvalue weighted by atomic mass is 32.1. The predicted molar refractivity (Wildman–Crippen MR) is 148 cm³/mol. The molecule has 1 aliphatic carbocycles. The van der Waals surface area contributed by atoms with Crippen molar-refractivity contribution in [3.8, 4) is 5.75 Å². The molecule has 37 heavy (non-hydrogen) atoms. The molecule has 3 aromatic rings. The van der Waals surface area contributed by atoms with Gasteiger partial charge in [0.15, 0.2) is 0 Å². The van der Waals surface area contributed by atoms with E-state index in [4.69, 9.17) is 9.47 Å². The third-order valence-electron chi connectivity index (χ3n) is 7.49. The van der Waals surface area contributed by atoms with Gasteiger partial charge in [0, 0.05) is 23.9 Å². The summed E-state index contributed by atoms with van der Waals surface area (Å²) in [6.07, 6.45) is 4.09. The van der Waals surface area contributed by atoms with Crippen LogP contribution >= 0.6 is 11.3 Å². The first-order valence-electron chi connectivity index (χ1n) is 13.1. The van der Waals surface area contributed by atoms with Crippen molar-refractivity contribution in [2.75, 3.05) is 52.3 Å². The van der Waals surface area contributed by atoms with Crippen LogP contribution in [0.3, 0.4) is 0 Å². The maximum Gasteiger partial charge on any atom is 0.226 e. The van der Waals surface area contributed by atoms with Gasteiger partial charge in [-0.05, 0) is 83.0 Å². The van der Waals surface area contributed by atoms with Crippen molar-refractivity contribution in [2.45, 2.75) is 46.1 Å². The average Bonchev–Trinajstić information content (AvgIpc) is 3.25. The number of aromatic nitrogens is 2. The van der Waals surface area contributed by atoms with E-state index in [1.807, 2.05) is 19.0 Å². The Hall–Kier alpha value is -2.75. The molecule has 1 aromatic carbocycles. The Bertz CT molecular complexity index is 1290. The Morgan fingerprint density at radius 2 is 2.08 bits per heavy atom. The van der Waals surface area contributed by atoms with Gasteiger partial charge in [0.1, 0.15) is 29.3 Å². The van der Waals surface area contributed by atoms with E-state index < -0.39 is 0 Å². The molecule has 2 unspecified atom stereocenters. The van der Waals surface area contributed by atoms with Crippen LogP contribution in [-0.4, -0.2) is 78.7 Å². The molecule has 0 spiro atoms. The van der Waals surface area contributed by atoms with Gasteiger partial charge in [0.25, 0.3) is 0 Å². The number of carbonyl (C=O) groups excluding carboxylic acids is 1. The van der Waals surface area contributed by atoms with Crippen molar-refractivity contribution >= 4 is 39.0 Å². The summed E-state index contributed by atoms with van der Waals surface area (Å²) in [5, 5.41) is 4.65. The molecule has 2 aliphatic rings. The van der Waals surface area contributed by atoms with E-state index in [2.05, 4.69) is 53.1 Å². The van der Waals surface area contributed by atoms with Crippen molar-refractivity contribution in [3.05, 3.63) is 40.0 Å². The summed E-state index contributed by atoms with van der Waals surface area (Å²) in [6.45, 7) is 9.66. The topological polar surface area (TPSA) is 79.8 Å². The molecule has 5 rings (SSSR count). The third kappa shape index (κ3) is 5.44. The van der Waals surface area contributed by atoms with Crippen molar-refractivity contribution in [1.29, 1.82) is 0 Å². The monoisotopic (exact) mass is 523 g/mol. The molecule has 0 bridgehead atoms. The van der Waals surface area contributed by atoms with Crippen molar-refractivity contribution in [2.24, 2.45) is 5.92 Å². The molecule has 1 N–H and O–H groups in total. The van der Waals surface area contributed by atoms with Gasteiger partial charge in [-0.25, -0.2) is 9.97 Å². The van der Waals surface area contributed by atoms with E-state index in [1.165, 1.54) is 21.6 Å². The first-order chi connectivity index (χ1) is 17.8. The maximum absolute atomic E-state index is 13.3. The molecule has 8 nitrogen and oxygen atoms in total. The van der Waals surface area contributed by atoms with E-state index in [0.717, 1.165) is 53.3 Å². The minimum absolute atomic E-state index is 0.0157. The number of hydrogen-bond acceptors (Lipinski definition) is 8. The second-order valence-corrected chi connectivity index (χ2v) is 11.6. The van der Waals surface area contributed by atoms with Crippen LogP contribution in [0.2, 0.25) is 0 Å². The summed E-state index contributed by atoms with van der Waals surface area (Å²) in [4.78, 5) is 28.9. The molecule has 198 valence electrons. The minimum atomic E-state index is 0.0157. The van der Waals surface area contributed by atoms with Gasteiger partial charge < -0.3 is 24.6 Å². The molecule has 3 heterocycles. The quantitative estimate of drug-likeness (QED) is 0.493. The lowest BCUT2D eigenvalue weighted by Crippen LogP contribution is -2.50. The van der Waals surface area contributed by atoms with Crippen LogP contribution in [0, 0.1) is 19.8 Å². The molecule has 1 amide bonds. The number of nitrogens with zero attached hydrogens (tertiary/aromatic N) is 4. The summed E-state index contributed by atoms with van der Waals surface area (Å²) in [6, 6.07) is 4.36. The van der Waals surface area contributed by atoms with Crippen LogP contribution < -0.4 is 10.1 Å². The van der Waals surface area contributed by atoms with Crippen LogP contribution in [0.25, 0.3) is 10.2 Å². The van der Waals surface area contributed by atoms with Crippen molar-refractivity contribution in [3.63, 3.8) is 0 Å². The molecule has 2 atom stereocenters. The van der Waals surface area contributed by atoms with Crippen molar-refractivity contribution < 1.29 is 14.3 Å². The number of hydrogen-bond donors (Lipinski definition) is 1. The second kappa shape index (κ2) is 10.9. The van der Waals surface area contributed by atoms with E-state index >= 15 is 0 Å². The fourth-order valence-electron chi connectivity index (χ4n) is 5.18. The zero-order valence-electron chi connectivity index (χ0n) is 22.5. The number of thiophene rings is 1. The molecule has 9 heteroatoms. The number of rotatable bonds is 7. The van der Waals surface area contributed by atoms with E-state index in [-0.39, 0.29) is 17.9 Å². The maximum atomic E-state index is 13.3. The molecule has 1 fully saturated rings. The van der Waals surface area contributed by atoms with Gasteiger partial charge >= 0.3 is 0 Å². The first kappa shape index (κ1) is 25.9. The number of nitrogens with one attached hydrogen (secondary N) is 1. The highest BCUT2D eigenvalue weighted by Gasteiger charge is 2.34. The molecular formula is C28H37N5O3S. The van der Waals surface area contributed by atoms with Crippen LogP contribution in [0.1, 0.15) is 34.9 Å². The van der Waals surface area contributed by atoms with Gasteiger partial charge in [-0.1, -0.05) is 0 Å². The Labute approximate surface area is 223 Å². The number of amides is 1. The van der Waals surface area contributed by atoms with Crippen LogP contribution in [0.15, 0.2) is 18.5 Å². The lowest BCUT2D eigenvalue weighted by atomic mass is 9.86. The lowest BCUT2D eigenvalue weighted by molar-refractivity contribution is -0.143. The molecule has 1 aliphatic heterocycles. The number of fused-ring (bicyclic) bond motifs is 3. The van der Waals surface area contributed by atoms with Crippen LogP contribution in [-0.2, 0) is 22.4 Å². The normalized spacial score (nSPS) is 19.8. The van der Waals surface area contributed by atoms with Gasteiger partial charge in [0.05, 0.1) is 30.3 Å². The Kier molecular flexibility index (Phi) is 7.65. The zero-order chi connectivity index (χ0) is 26.1. The van der Waals surface area contributed by atoms with Crippen LogP contribution in [0.5, 0.6) is 5.75 Å². The Balaban J connectivity index is 1.41. The summed E-state index contributed by atoms with van der Waals surface area (Å²) in [5.74, 6) is 1.90. The number of benzene rings is 1. The SMILES string of the molecule is Cc1cc(Nc2ncnc3sc4c(c23)CCC(C(=O)N2CCOCC2C)C4)c(OCCN(C)C)cc1C. The molecule has 1 saturated heterocycles. The standard InChI is InChI=1S/C28H37N5O3S/c1-17-12-22(23(13-18(17)2)36-11-8-32(4)5)31-26-25-21-7-6-20(14-24(21)37-27(25)30-16-29-26)28(34)33-9-10-35-15-19(33)3/h12-13,16,19-20H,6-11,14-15H2,1-5H3,(H,29,30,31). The van der Waals surface area contributed by atoms with Gasteiger partial charge in [-0.2, -0.15) is 0 Å². The Morgan fingerprint density at radius 3 is 2.86 bits per heavy atom. The number of ether oxygens (including phenoxy) is 2. The Morgan fingerprint density at radius 1 is 1.27 bits per heavy atom. The lowest BCUT2D eigenvalue weighted by Gasteiger charge is -2.36. The van der Waals surface area contributed by atoms with Crippen LogP contribution in [0.4, 0.5) is 11.5 Å². The minimum Gasteiger partial charge on any atom is -0.490 e. The zero-order valence-corrected chi connectivity index (χ0v) is 23.3. The van der Waals surface area contributed by atoms with Crippen molar-refractivity contribution in [1.82, 2.24) is 19.8 Å². The number of likely N-dealkylation sites (N-methyl/N-ethyl adjacent to an activating group) is 1. The van der Waals surface area contributed by atoms with E-state index in [9.17, 15) is 4.79 Å². The number of aryl methyl sites for hydroxylation is 3. The van der Waals surface area contributed by atoms with Gasteiger partial charge in [-0.3, -0.25) is 4.79 Å².